The van der Waals surface area contributed by atoms with E-state index in [-0.39, 0.29) is 18.1 Å². The fourth-order valence-corrected chi connectivity index (χ4v) is 3.24. The Labute approximate surface area is 156 Å². The Hall–Kier alpha value is -3.48. The number of benzene rings is 2. The second-order valence-electron chi connectivity index (χ2n) is 6.38. The number of methoxy groups -OCH3 is 1. The van der Waals surface area contributed by atoms with Crippen LogP contribution in [0.15, 0.2) is 59.4 Å². The topological polar surface area (TPSA) is 79.4 Å². The summed E-state index contributed by atoms with van der Waals surface area (Å²) in [6.07, 6.45) is 0.607. The van der Waals surface area contributed by atoms with Crippen molar-refractivity contribution < 1.29 is 9.53 Å². The van der Waals surface area contributed by atoms with Gasteiger partial charge in [0.15, 0.2) is 0 Å². The lowest BCUT2D eigenvalue weighted by Crippen LogP contribution is -2.40. The van der Waals surface area contributed by atoms with Crippen LogP contribution >= 0.6 is 0 Å². The van der Waals surface area contributed by atoms with Gasteiger partial charge in [-0.05, 0) is 24.3 Å². The maximum absolute atomic E-state index is 12.8. The molecule has 1 aromatic heterocycles. The Balaban J connectivity index is 1.53. The predicted molar refractivity (Wildman–Crippen MR) is 103 cm³/mol. The third kappa shape index (κ3) is 3.31. The number of rotatable bonds is 3. The zero-order valence-corrected chi connectivity index (χ0v) is 14.9. The molecule has 0 spiro atoms. The number of anilines is 1. The lowest BCUT2D eigenvalue weighted by Gasteiger charge is -2.26. The van der Waals surface area contributed by atoms with E-state index in [9.17, 15) is 9.59 Å². The molecule has 2 heterocycles. The molecule has 0 bridgehead atoms. The van der Waals surface area contributed by atoms with E-state index in [1.807, 2.05) is 42.5 Å². The first-order chi connectivity index (χ1) is 13.2. The zero-order chi connectivity index (χ0) is 18.8. The normalized spacial score (nSPS) is 13.1. The largest absolute Gasteiger partial charge is 0.497 e. The molecule has 0 unspecified atom stereocenters. The highest BCUT2D eigenvalue weighted by Crippen LogP contribution is 2.20. The van der Waals surface area contributed by atoms with E-state index in [4.69, 9.17) is 4.74 Å². The molecule has 7 heteroatoms. The highest BCUT2D eigenvalue weighted by Gasteiger charge is 2.26. The van der Waals surface area contributed by atoms with Gasteiger partial charge in [-0.2, -0.15) is 0 Å². The number of H-pyrrole nitrogens is 1. The molecule has 3 aromatic rings. The van der Waals surface area contributed by atoms with Crippen LogP contribution in [0.25, 0.3) is 5.69 Å². The van der Waals surface area contributed by atoms with Gasteiger partial charge in [-0.15, -0.1) is 0 Å². The van der Waals surface area contributed by atoms with E-state index < -0.39 is 0 Å². The fourth-order valence-electron chi connectivity index (χ4n) is 3.24. The fraction of sp³-hybridized carbons (Fsp3) is 0.200. The minimum absolute atomic E-state index is 0.116. The molecule has 0 aliphatic carbocycles. The van der Waals surface area contributed by atoms with Crippen molar-refractivity contribution in [3.8, 4) is 11.4 Å². The van der Waals surface area contributed by atoms with Gasteiger partial charge in [-0.1, -0.05) is 24.3 Å². The molecule has 1 aliphatic rings. The summed E-state index contributed by atoms with van der Waals surface area (Å²) in [5.41, 5.74) is 2.83. The first-order valence-electron chi connectivity index (χ1n) is 8.74. The summed E-state index contributed by atoms with van der Waals surface area (Å²) < 4.78 is 6.71. The molecule has 0 saturated heterocycles. The van der Waals surface area contributed by atoms with Crippen molar-refractivity contribution in [1.29, 1.82) is 0 Å². The summed E-state index contributed by atoms with van der Waals surface area (Å²) in [6.45, 7) is 0.817. The number of hydrogen-bond acceptors (Lipinski definition) is 3. The number of carbonyl (C=O) groups excluding carboxylic acids is 1. The van der Waals surface area contributed by atoms with Crippen LogP contribution in [0.2, 0.25) is 0 Å². The number of ether oxygens (including phenoxy) is 1. The molecule has 2 aromatic carbocycles. The van der Waals surface area contributed by atoms with E-state index in [0.717, 1.165) is 11.4 Å². The lowest BCUT2D eigenvalue weighted by atomic mass is 10.1. The third-order valence-corrected chi connectivity index (χ3v) is 4.68. The maximum atomic E-state index is 12.8. The van der Waals surface area contributed by atoms with Crippen LogP contribution in [0.1, 0.15) is 11.3 Å². The summed E-state index contributed by atoms with van der Waals surface area (Å²) in [7, 11) is 1.58. The van der Waals surface area contributed by atoms with E-state index in [0.29, 0.717) is 30.0 Å². The first-order valence-corrected chi connectivity index (χ1v) is 8.74. The quantitative estimate of drug-likeness (QED) is 0.750. The molecule has 2 amide bonds. The van der Waals surface area contributed by atoms with E-state index in [2.05, 4.69) is 10.4 Å². The van der Waals surface area contributed by atoms with Crippen LogP contribution in [-0.2, 0) is 13.0 Å². The number of aromatic nitrogens is 2. The number of nitrogens with one attached hydrogen (secondary N) is 2. The van der Waals surface area contributed by atoms with Crippen LogP contribution in [0.3, 0.4) is 0 Å². The highest BCUT2D eigenvalue weighted by molar-refractivity contribution is 5.89. The summed E-state index contributed by atoms with van der Waals surface area (Å²) in [5, 5.41) is 6.03. The van der Waals surface area contributed by atoms with E-state index in [1.165, 1.54) is 4.68 Å². The monoisotopic (exact) mass is 364 g/mol. The average molecular weight is 364 g/mol. The minimum Gasteiger partial charge on any atom is -0.497 e. The second-order valence-corrected chi connectivity index (χ2v) is 6.38. The molecule has 27 heavy (non-hydrogen) atoms. The highest BCUT2D eigenvalue weighted by atomic mass is 16.5. The van der Waals surface area contributed by atoms with Crippen molar-refractivity contribution in [2.75, 3.05) is 19.0 Å². The van der Waals surface area contributed by atoms with Crippen molar-refractivity contribution in [3.63, 3.8) is 0 Å². The van der Waals surface area contributed by atoms with E-state index in [1.54, 1.807) is 24.1 Å². The third-order valence-electron chi connectivity index (χ3n) is 4.68. The smallest absolute Gasteiger partial charge is 0.322 e. The van der Waals surface area contributed by atoms with Gasteiger partial charge < -0.3 is 15.0 Å². The number of para-hydroxylation sites is 1. The van der Waals surface area contributed by atoms with Crippen LogP contribution in [0.5, 0.6) is 5.75 Å². The van der Waals surface area contributed by atoms with Crippen LogP contribution < -0.4 is 15.6 Å². The van der Waals surface area contributed by atoms with Crippen molar-refractivity contribution in [1.82, 2.24) is 14.7 Å². The Morgan fingerprint density at radius 3 is 2.74 bits per heavy atom. The molecule has 7 nitrogen and oxygen atoms in total. The molecule has 1 aliphatic heterocycles. The van der Waals surface area contributed by atoms with Gasteiger partial charge in [0.05, 0.1) is 24.9 Å². The van der Waals surface area contributed by atoms with Gasteiger partial charge >= 0.3 is 6.03 Å². The Morgan fingerprint density at radius 1 is 1.15 bits per heavy atom. The number of carbonyl (C=O) groups is 1. The van der Waals surface area contributed by atoms with Gasteiger partial charge in [0.25, 0.3) is 5.56 Å². The molecule has 0 fully saturated rings. The number of amides is 2. The molecule has 2 N–H and O–H groups in total. The molecule has 0 atom stereocenters. The summed E-state index contributed by atoms with van der Waals surface area (Å²) in [6, 6.07) is 16.4. The van der Waals surface area contributed by atoms with Crippen LogP contribution in [-0.4, -0.2) is 34.4 Å². The molecule has 138 valence electrons. The van der Waals surface area contributed by atoms with E-state index >= 15 is 0 Å². The van der Waals surface area contributed by atoms with Crippen molar-refractivity contribution in [2.24, 2.45) is 0 Å². The number of nitrogens with zero attached hydrogens (tertiary/aromatic N) is 2. The number of urea groups is 1. The maximum Gasteiger partial charge on any atom is 0.322 e. The van der Waals surface area contributed by atoms with Crippen LogP contribution in [0.4, 0.5) is 10.5 Å². The van der Waals surface area contributed by atoms with Crippen LogP contribution in [0, 0.1) is 0 Å². The van der Waals surface area contributed by atoms with Gasteiger partial charge in [0, 0.05) is 30.4 Å². The lowest BCUT2D eigenvalue weighted by molar-refractivity contribution is 0.206. The molecule has 0 saturated carbocycles. The predicted octanol–water partition coefficient (Wildman–Crippen LogP) is 2.76. The summed E-state index contributed by atoms with van der Waals surface area (Å²) in [4.78, 5) is 27.0. The minimum atomic E-state index is -0.235. The standard InChI is InChI=1S/C20H20N4O3/c1-27-16-9-5-6-14(12-16)21-20(26)23-11-10-18-17(13-23)19(25)24(22-18)15-7-3-2-4-8-15/h2-9,12,22H,10-11,13H2,1H3,(H,21,26). The van der Waals surface area contributed by atoms with Crippen molar-refractivity contribution >= 4 is 11.7 Å². The van der Waals surface area contributed by atoms with Gasteiger partial charge in [-0.3, -0.25) is 9.89 Å². The SMILES string of the molecule is COc1cccc(NC(=O)N2CCc3[nH]n(-c4ccccc4)c(=O)c3C2)c1. The first kappa shape index (κ1) is 17.0. The molecular weight excluding hydrogens is 344 g/mol. The van der Waals surface area contributed by atoms with Crippen molar-refractivity contribution in [3.05, 3.63) is 76.2 Å². The Kier molecular flexibility index (Phi) is 4.42. The molecule has 4 rings (SSSR count). The number of hydrogen-bond donors (Lipinski definition) is 2. The van der Waals surface area contributed by atoms with Crippen molar-refractivity contribution in [2.45, 2.75) is 13.0 Å². The Bertz CT molecular complexity index is 1020. The summed E-state index contributed by atoms with van der Waals surface area (Å²) >= 11 is 0. The van der Waals surface area contributed by atoms with Gasteiger partial charge in [0.1, 0.15) is 5.75 Å². The second kappa shape index (κ2) is 7.03. The van der Waals surface area contributed by atoms with Gasteiger partial charge in [0.2, 0.25) is 0 Å². The average Bonchev–Trinajstić information content (AvgIpc) is 3.05. The Morgan fingerprint density at radius 2 is 1.96 bits per heavy atom. The van der Waals surface area contributed by atoms with Gasteiger partial charge in [-0.25, -0.2) is 9.48 Å². The molecular formula is C20H20N4O3. The number of fused-ring (bicyclic) bond motifs is 1. The zero-order valence-electron chi connectivity index (χ0n) is 14.9. The molecule has 0 radical (unpaired) electrons. The number of aromatic amines is 1. The summed E-state index contributed by atoms with van der Waals surface area (Å²) in [5.74, 6) is 0.671.